The lowest BCUT2D eigenvalue weighted by molar-refractivity contribution is -0.141. The Morgan fingerprint density at radius 3 is 2.38 bits per heavy atom. The van der Waals surface area contributed by atoms with Gasteiger partial charge in [-0.05, 0) is 31.2 Å². The molecule has 0 radical (unpaired) electrons. The number of nitrogens with zero attached hydrogens (tertiary/aromatic N) is 2. The molecule has 1 aromatic rings. The van der Waals surface area contributed by atoms with Crippen molar-refractivity contribution in [1.82, 2.24) is 9.80 Å². The Labute approximate surface area is 157 Å². The van der Waals surface area contributed by atoms with Crippen LogP contribution in [0.3, 0.4) is 0 Å². The van der Waals surface area contributed by atoms with E-state index in [9.17, 15) is 9.59 Å². The van der Waals surface area contributed by atoms with E-state index in [1.54, 1.807) is 0 Å². The third kappa shape index (κ3) is 4.87. The molecule has 1 unspecified atom stereocenters. The van der Waals surface area contributed by atoms with Crippen LogP contribution in [0.1, 0.15) is 56.9 Å². The van der Waals surface area contributed by atoms with E-state index in [2.05, 4.69) is 0 Å². The van der Waals surface area contributed by atoms with Gasteiger partial charge in [-0.1, -0.05) is 56.0 Å². The molecule has 1 heterocycles. The van der Waals surface area contributed by atoms with Crippen LogP contribution in [0.4, 0.5) is 0 Å². The predicted octanol–water partition coefficient (Wildman–Crippen LogP) is 3.65. The molecule has 0 bridgehead atoms. The van der Waals surface area contributed by atoms with Crippen LogP contribution in [0.25, 0.3) is 0 Å². The van der Waals surface area contributed by atoms with Crippen LogP contribution in [0.5, 0.6) is 0 Å². The summed E-state index contributed by atoms with van der Waals surface area (Å²) < 4.78 is 0. The van der Waals surface area contributed by atoms with Crippen LogP contribution in [-0.4, -0.2) is 47.8 Å². The van der Waals surface area contributed by atoms with Gasteiger partial charge in [0, 0.05) is 26.2 Å². The van der Waals surface area contributed by atoms with Gasteiger partial charge < -0.3 is 9.80 Å². The average Bonchev–Trinajstić information content (AvgIpc) is 2.97. The second kappa shape index (κ2) is 9.20. The van der Waals surface area contributed by atoms with Gasteiger partial charge in [-0.3, -0.25) is 9.59 Å². The van der Waals surface area contributed by atoms with Crippen LogP contribution >= 0.6 is 0 Å². The smallest absolute Gasteiger partial charge is 0.227 e. The van der Waals surface area contributed by atoms with Gasteiger partial charge in [0.15, 0.2) is 0 Å². The Morgan fingerprint density at radius 2 is 1.69 bits per heavy atom. The minimum absolute atomic E-state index is 0.0308. The molecular weight excluding hydrogens is 324 g/mol. The molecule has 1 aliphatic carbocycles. The van der Waals surface area contributed by atoms with Gasteiger partial charge in [-0.15, -0.1) is 0 Å². The highest BCUT2D eigenvalue weighted by molar-refractivity contribution is 5.82. The molecule has 2 fully saturated rings. The van der Waals surface area contributed by atoms with Crippen molar-refractivity contribution in [1.29, 1.82) is 0 Å². The maximum absolute atomic E-state index is 13.0. The number of likely N-dealkylation sites (tertiary alicyclic amines) is 1. The Bertz CT molecular complexity index is 593. The van der Waals surface area contributed by atoms with E-state index < -0.39 is 0 Å². The zero-order valence-electron chi connectivity index (χ0n) is 16.0. The Kier molecular flexibility index (Phi) is 6.70. The molecule has 0 aromatic heterocycles. The van der Waals surface area contributed by atoms with E-state index in [0.29, 0.717) is 19.0 Å². The Hall–Kier alpha value is -1.84. The predicted molar refractivity (Wildman–Crippen MR) is 104 cm³/mol. The highest BCUT2D eigenvalue weighted by atomic mass is 16.2. The SMILES string of the molecule is CN(C(=O)C1CCCN(C(=O)Cc2ccccc2)C1)C1CCCCCC1. The van der Waals surface area contributed by atoms with E-state index in [-0.39, 0.29) is 17.7 Å². The standard InChI is InChI=1S/C22H32N2O2/c1-23(20-13-7-2-3-8-14-20)22(26)19-12-9-15-24(17-19)21(25)16-18-10-5-4-6-11-18/h4-6,10-11,19-20H,2-3,7-9,12-17H2,1H3. The molecule has 1 saturated heterocycles. The van der Waals surface area contributed by atoms with Crippen molar-refractivity contribution >= 4 is 11.8 Å². The molecule has 26 heavy (non-hydrogen) atoms. The largest absolute Gasteiger partial charge is 0.342 e. The van der Waals surface area contributed by atoms with Gasteiger partial charge in [0.05, 0.1) is 12.3 Å². The molecule has 0 spiro atoms. The van der Waals surface area contributed by atoms with E-state index in [0.717, 1.165) is 37.8 Å². The van der Waals surface area contributed by atoms with Crippen LogP contribution in [0, 0.1) is 5.92 Å². The second-order valence-corrected chi connectivity index (χ2v) is 7.94. The highest BCUT2D eigenvalue weighted by Gasteiger charge is 2.32. The second-order valence-electron chi connectivity index (χ2n) is 7.94. The van der Waals surface area contributed by atoms with Crippen molar-refractivity contribution < 1.29 is 9.59 Å². The van der Waals surface area contributed by atoms with Gasteiger partial charge in [0.1, 0.15) is 0 Å². The van der Waals surface area contributed by atoms with Crippen molar-refractivity contribution in [2.24, 2.45) is 5.92 Å². The lowest BCUT2D eigenvalue weighted by Gasteiger charge is -2.36. The fraction of sp³-hybridized carbons (Fsp3) is 0.636. The maximum atomic E-state index is 13.0. The number of carbonyl (C=O) groups is 2. The minimum atomic E-state index is -0.0308. The topological polar surface area (TPSA) is 40.6 Å². The van der Waals surface area contributed by atoms with Gasteiger partial charge in [0.25, 0.3) is 0 Å². The molecule has 4 nitrogen and oxygen atoms in total. The summed E-state index contributed by atoms with van der Waals surface area (Å²) in [5, 5.41) is 0. The van der Waals surface area contributed by atoms with E-state index in [1.807, 2.05) is 47.2 Å². The van der Waals surface area contributed by atoms with Gasteiger partial charge >= 0.3 is 0 Å². The average molecular weight is 357 g/mol. The highest BCUT2D eigenvalue weighted by Crippen LogP contribution is 2.25. The molecule has 2 amide bonds. The molecule has 1 aromatic carbocycles. The molecular formula is C22H32N2O2. The zero-order chi connectivity index (χ0) is 18.4. The lowest BCUT2D eigenvalue weighted by atomic mass is 9.94. The number of rotatable bonds is 4. The summed E-state index contributed by atoms with van der Waals surface area (Å²) in [7, 11) is 1.98. The number of piperidine rings is 1. The van der Waals surface area contributed by atoms with Crippen molar-refractivity contribution in [3.63, 3.8) is 0 Å². The first-order valence-electron chi connectivity index (χ1n) is 10.2. The summed E-state index contributed by atoms with van der Waals surface area (Å²) in [6.07, 6.45) is 9.58. The number of carbonyl (C=O) groups excluding carboxylic acids is 2. The van der Waals surface area contributed by atoms with E-state index in [1.165, 1.54) is 25.7 Å². The molecule has 3 rings (SSSR count). The van der Waals surface area contributed by atoms with Gasteiger partial charge in [0.2, 0.25) is 11.8 Å². The summed E-state index contributed by atoms with van der Waals surface area (Å²) in [4.78, 5) is 29.6. The normalized spacial score (nSPS) is 21.9. The first-order valence-corrected chi connectivity index (χ1v) is 10.2. The maximum Gasteiger partial charge on any atom is 0.227 e. The minimum Gasteiger partial charge on any atom is -0.342 e. The van der Waals surface area contributed by atoms with Crippen LogP contribution in [0.15, 0.2) is 30.3 Å². The number of amides is 2. The summed E-state index contributed by atoms with van der Waals surface area (Å²) in [5.74, 6) is 0.358. The molecule has 4 heteroatoms. The summed E-state index contributed by atoms with van der Waals surface area (Å²) in [6, 6.07) is 10.3. The van der Waals surface area contributed by atoms with E-state index in [4.69, 9.17) is 0 Å². The first-order chi connectivity index (χ1) is 12.6. The molecule has 1 aliphatic heterocycles. The molecule has 142 valence electrons. The van der Waals surface area contributed by atoms with Gasteiger partial charge in [-0.2, -0.15) is 0 Å². The summed E-state index contributed by atoms with van der Waals surface area (Å²) in [6.45, 7) is 1.37. The van der Waals surface area contributed by atoms with Crippen molar-refractivity contribution in [2.45, 2.75) is 63.8 Å². The monoisotopic (exact) mass is 356 g/mol. The van der Waals surface area contributed by atoms with Gasteiger partial charge in [-0.25, -0.2) is 0 Å². The molecule has 1 atom stereocenters. The summed E-state index contributed by atoms with van der Waals surface area (Å²) in [5.41, 5.74) is 1.04. The fourth-order valence-corrected chi connectivity index (χ4v) is 4.40. The van der Waals surface area contributed by atoms with Crippen LogP contribution in [0.2, 0.25) is 0 Å². The number of hydrogen-bond acceptors (Lipinski definition) is 2. The molecule has 0 N–H and O–H groups in total. The van der Waals surface area contributed by atoms with Crippen molar-refractivity contribution in [2.75, 3.05) is 20.1 Å². The zero-order valence-corrected chi connectivity index (χ0v) is 16.0. The Morgan fingerprint density at radius 1 is 1.00 bits per heavy atom. The first kappa shape index (κ1) is 18.9. The van der Waals surface area contributed by atoms with Crippen molar-refractivity contribution in [3.05, 3.63) is 35.9 Å². The Balaban J connectivity index is 1.56. The number of hydrogen-bond donors (Lipinski definition) is 0. The molecule has 2 aliphatic rings. The van der Waals surface area contributed by atoms with Crippen LogP contribution in [-0.2, 0) is 16.0 Å². The summed E-state index contributed by atoms with van der Waals surface area (Å²) >= 11 is 0. The van der Waals surface area contributed by atoms with Crippen LogP contribution < -0.4 is 0 Å². The molecule has 1 saturated carbocycles. The van der Waals surface area contributed by atoms with E-state index >= 15 is 0 Å². The lowest BCUT2D eigenvalue weighted by Crippen LogP contribution is -2.48. The third-order valence-corrected chi connectivity index (χ3v) is 6.04. The van der Waals surface area contributed by atoms with Crippen molar-refractivity contribution in [3.8, 4) is 0 Å². The third-order valence-electron chi connectivity index (χ3n) is 6.04. The number of benzene rings is 1. The quantitative estimate of drug-likeness (QED) is 0.773. The fourth-order valence-electron chi connectivity index (χ4n) is 4.40.